The van der Waals surface area contributed by atoms with E-state index in [0.717, 1.165) is 21.0 Å². The Morgan fingerprint density at radius 1 is 1.22 bits per heavy atom. The fourth-order valence-corrected chi connectivity index (χ4v) is 3.71. The van der Waals surface area contributed by atoms with Crippen molar-refractivity contribution in [3.05, 3.63) is 64.3 Å². The molecule has 3 aromatic rings. The number of ether oxygens (including phenoxy) is 2. The zero-order valence-corrected chi connectivity index (χ0v) is 15.3. The van der Waals surface area contributed by atoms with Crippen LogP contribution in [0.15, 0.2) is 42.5 Å². The van der Waals surface area contributed by atoms with E-state index in [4.69, 9.17) is 14.7 Å². The molecule has 4 rings (SSSR count). The number of nitrogens with one attached hydrogen (secondary N) is 1. The molecule has 134 valence electrons. The van der Waals surface area contributed by atoms with Crippen molar-refractivity contribution in [3.8, 4) is 28.0 Å². The summed E-state index contributed by atoms with van der Waals surface area (Å²) in [5.74, 6) is 1.16. The Morgan fingerprint density at radius 2 is 2.00 bits per heavy atom. The minimum Gasteiger partial charge on any atom is -0.454 e. The van der Waals surface area contributed by atoms with E-state index in [0.29, 0.717) is 29.3 Å². The summed E-state index contributed by atoms with van der Waals surface area (Å²) in [5, 5.41) is 12.7. The van der Waals surface area contributed by atoms with Gasteiger partial charge in [-0.25, -0.2) is 4.98 Å². The van der Waals surface area contributed by atoms with Gasteiger partial charge in [-0.15, -0.1) is 11.3 Å². The van der Waals surface area contributed by atoms with E-state index in [1.165, 1.54) is 11.3 Å². The Bertz CT molecular complexity index is 1050. The number of aromatic nitrogens is 1. The van der Waals surface area contributed by atoms with E-state index in [2.05, 4.69) is 16.4 Å². The highest BCUT2D eigenvalue weighted by molar-refractivity contribution is 7.15. The van der Waals surface area contributed by atoms with Gasteiger partial charge in [0.1, 0.15) is 5.69 Å². The van der Waals surface area contributed by atoms with Crippen molar-refractivity contribution in [2.24, 2.45) is 0 Å². The number of carbonyl (C=O) groups excluding carboxylic acids is 1. The smallest absolute Gasteiger partial charge is 0.271 e. The lowest BCUT2D eigenvalue weighted by molar-refractivity contribution is 0.0947. The third-order valence-electron chi connectivity index (χ3n) is 4.12. The summed E-state index contributed by atoms with van der Waals surface area (Å²) in [6.45, 7) is 2.45. The fourth-order valence-electron chi connectivity index (χ4n) is 2.79. The van der Waals surface area contributed by atoms with Gasteiger partial charge in [0, 0.05) is 6.54 Å². The van der Waals surface area contributed by atoms with Crippen LogP contribution in [0.2, 0.25) is 0 Å². The van der Waals surface area contributed by atoms with Gasteiger partial charge in [-0.3, -0.25) is 4.79 Å². The lowest BCUT2D eigenvalue weighted by Gasteiger charge is -2.07. The van der Waals surface area contributed by atoms with E-state index in [-0.39, 0.29) is 12.7 Å². The molecule has 1 aromatic heterocycles. The highest BCUT2D eigenvalue weighted by Gasteiger charge is 2.19. The van der Waals surface area contributed by atoms with Crippen LogP contribution in [0.4, 0.5) is 0 Å². The summed E-state index contributed by atoms with van der Waals surface area (Å²) in [4.78, 5) is 17.9. The average molecular weight is 377 g/mol. The quantitative estimate of drug-likeness (QED) is 0.750. The van der Waals surface area contributed by atoms with E-state index in [9.17, 15) is 4.79 Å². The first-order valence-electron chi connectivity index (χ1n) is 8.29. The molecule has 0 unspecified atom stereocenters. The number of rotatable bonds is 4. The maximum absolute atomic E-state index is 12.7. The van der Waals surface area contributed by atoms with Crippen molar-refractivity contribution in [1.29, 1.82) is 5.26 Å². The lowest BCUT2D eigenvalue weighted by atomic mass is 10.1. The molecule has 0 aliphatic carbocycles. The standard InChI is InChI=1S/C20H15N3O3S/c1-12-23-18(19(27-12)15-5-2-13(9-21)3-6-15)20(24)22-10-14-4-7-16-17(8-14)26-11-25-16/h2-8H,10-11H2,1H3,(H,22,24). The van der Waals surface area contributed by atoms with Gasteiger partial charge in [0.25, 0.3) is 5.91 Å². The number of nitrogens with zero attached hydrogens (tertiary/aromatic N) is 2. The molecule has 0 radical (unpaired) electrons. The Morgan fingerprint density at radius 3 is 2.78 bits per heavy atom. The summed E-state index contributed by atoms with van der Waals surface area (Å²) in [5.41, 5.74) is 2.75. The molecule has 6 nitrogen and oxygen atoms in total. The topological polar surface area (TPSA) is 84.2 Å². The molecule has 1 aliphatic rings. The molecule has 1 aliphatic heterocycles. The molecule has 0 saturated carbocycles. The highest BCUT2D eigenvalue weighted by Crippen LogP contribution is 2.33. The molecule has 1 amide bonds. The lowest BCUT2D eigenvalue weighted by Crippen LogP contribution is -2.23. The molecule has 7 heteroatoms. The van der Waals surface area contributed by atoms with Gasteiger partial charge in [0.2, 0.25) is 6.79 Å². The van der Waals surface area contributed by atoms with Crippen LogP contribution >= 0.6 is 11.3 Å². The molecule has 0 fully saturated rings. The maximum atomic E-state index is 12.7. The number of thiazole rings is 1. The number of aryl methyl sites for hydroxylation is 1. The second-order valence-electron chi connectivity index (χ2n) is 5.97. The van der Waals surface area contributed by atoms with Crippen molar-refractivity contribution in [3.63, 3.8) is 0 Å². The second kappa shape index (κ2) is 7.09. The number of amides is 1. The summed E-state index contributed by atoms with van der Waals surface area (Å²) in [6.07, 6.45) is 0. The minimum absolute atomic E-state index is 0.219. The molecule has 0 saturated heterocycles. The Labute approximate surface area is 160 Å². The van der Waals surface area contributed by atoms with Crippen molar-refractivity contribution in [1.82, 2.24) is 10.3 Å². The first-order chi connectivity index (χ1) is 13.1. The second-order valence-corrected chi connectivity index (χ2v) is 7.17. The first-order valence-corrected chi connectivity index (χ1v) is 9.10. The summed E-state index contributed by atoms with van der Waals surface area (Å²) >= 11 is 1.46. The van der Waals surface area contributed by atoms with E-state index in [1.54, 1.807) is 12.1 Å². The van der Waals surface area contributed by atoms with Crippen LogP contribution in [0.1, 0.15) is 26.6 Å². The number of fused-ring (bicyclic) bond motifs is 1. The maximum Gasteiger partial charge on any atom is 0.271 e. The van der Waals surface area contributed by atoms with Crippen molar-refractivity contribution >= 4 is 17.2 Å². The summed E-state index contributed by atoms with van der Waals surface area (Å²) in [6, 6.07) is 14.8. The Balaban J connectivity index is 1.53. The van der Waals surface area contributed by atoms with Crippen molar-refractivity contribution in [2.45, 2.75) is 13.5 Å². The van der Waals surface area contributed by atoms with Crippen LogP contribution in [0.5, 0.6) is 11.5 Å². The van der Waals surface area contributed by atoms with Crippen LogP contribution in [-0.2, 0) is 6.54 Å². The monoisotopic (exact) mass is 377 g/mol. The molecule has 0 bridgehead atoms. The van der Waals surface area contributed by atoms with E-state index < -0.39 is 0 Å². The highest BCUT2D eigenvalue weighted by atomic mass is 32.1. The molecule has 1 N–H and O–H groups in total. The van der Waals surface area contributed by atoms with Gasteiger partial charge in [-0.1, -0.05) is 18.2 Å². The molecular weight excluding hydrogens is 362 g/mol. The number of hydrogen-bond acceptors (Lipinski definition) is 6. The normalized spacial score (nSPS) is 11.9. The SMILES string of the molecule is Cc1nc(C(=O)NCc2ccc3c(c2)OCO3)c(-c2ccc(C#N)cc2)s1. The van der Waals surface area contributed by atoms with Crippen LogP contribution in [0, 0.1) is 18.3 Å². The van der Waals surface area contributed by atoms with Gasteiger partial charge < -0.3 is 14.8 Å². The summed E-state index contributed by atoms with van der Waals surface area (Å²) in [7, 11) is 0. The molecule has 2 heterocycles. The molecule has 2 aromatic carbocycles. The number of hydrogen-bond donors (Lipinski definition) is 1. The summed E-state index contributed by atoms with van der Waals surface area (Å²) < 4.78 is 10.7. The molecule has 27 heavy (non-hydrogen) atoms. The van der Waals surface area contributed by atoms with E-state index in [1.807, 2.05) is 37.3 Å². The van der Waals surface area contributed by atoms with Gasteiger partial charge in [0.05, 0.1) is 21.5 Å². The molecular formula is C20H15N3O3S. The van der Waals surface area contributed by atoms with Crippen molar-refractivity contribution in [2.75, 3.05) is 6.79 Å². The van der Waals surface area contributed by atoms with Gasteiger partial charge in [-0.2, -0.15) is 5.26 Å². The zero-order valence-electron chi connectivity index (χ0n) is 14.5. The Kier molecular flexibility index (Phi) is 4.48. The minimum atomic E-state index is -0.239. The van der Waals surface area contributed by atoms with Gasteiger partial charge >= 0.3 is 0 Å². The van der Waals surface area contributed by atoms with Crippen molar-refractivity contribution < 1.29 is 14.3 Å². The average Bonchev–Trinajstić information content (AvgIpc) is 3.32. The first kappa shape index (κ1) is 17.1. The molecule has 0 spiro atoms. The Hall–Kier alpha value is -3.37. The number of nitriles is 1. The predicted octanol–water partition coefficient (Wildman–Crippen LogP) is 3.65. The third-order valence-corrected chi connectivity index (χ3v) is 5.14. The molecule has 0 atom stereocenters. The van der Waals surface area contributed by atoms with Gasteiger partial charge in [-0.05, 0) is 42.3 Å². The van der Waals surface area contributed by atoms with Crippen LogP contribution < -0.4 is 14.8 Å². The van der Waals surface area contributed by atoms with Crippen LogP contribution in [-0.4, -0.2) is 17.7 Å². The third kappa shape index (κ3) is 3.48. The predicted molar refractivity (Wildman–Crippen MR) is 101 cm³/mol. The largest absolute Gasteiger partial charge is 0.454 e. The number of carbonyl (C=O) groups is 1. The zero-order chi connectivity index (χ0) is 18.8. The van der Waals surface area contributed by atoms with Gasteiger partial charge in [0.15, 0.2) is 11.5 Å². The fraction of sp³-hybridized carbons (Fsp3) is 0.150. The van der Waals surface area contributed by atoms with Crippen LogP contribution in [0.25, 0.3) is 10.4 Å². The van der Waals surface area contributed by atoms with Crippen LogP contribution in [0.3, 0.4) is 0 Å². The number of benzene rings is 2. The van der Waals surface area contributed by atoms with E-state index >= 15 is 0 Å².